The monoisotopic (exact) mass is 264 g/mol. The number of nitrogens with one attached hydrogen (secondary N) is 1. The van der Waals surface area contributed by atoms with E-state index in [1.807, 2.05) is 7.05 Å². The number of hydrogen-bond donors (Lipinski definition) is 1. The predicted octanol–water partition coefficient (Wildman–Crippen LogP) is 0.832. The first-order chi connectivity index (χ1) is 9.10. The van der Waals surface area contributed by atoms with Crippen LogP contribution in [0.15, 0.2) is 12.4 Å². The van der Waals surface area contributed by atoms with Crippen molar-refractivity contribution in [2.24, 2.45) is 7.05 Å². The molecule has 2 amide bonds. The summed E-state index contributed by atoms with van der Waals surface area (Å²) in [5, 5.41) is 6.98. The third-order valence-corrected chi connectivity index (χ3v) is 3.25. The van der Waals surface area contributed by atoms with Gasteiger partial charge in [0.15, 0.2) is 0 Å². The van der Waals surface area contributed by atoms with E-state index in [0.29, 0.717) is 19.4 Å². The van der Waals surface area contributed by atoms with Crippen LogP contribution in [0.1, 0.15) is 32.6 Å². The maximum atomic E-state index is 11.9. The number of carbonyl (C=O) groups is 2. The number of amides is 2. The van der Waals surface area contributed by atoms with Gasteiger partial charge in [0.1, 0.15) is 0 Å². The van der Waals surface area contributed by atoms with Crippen LogP contribution in [0, 0.1) is 0 Å². The van der Waals surface area contributed by atoms with E-state index in [1.54, 1.807) is 22.0 Å². The Morgan fingerprint density at radius 3 is 3.00 bits per heavy atom. The average molecular weight is 264 g/mol. The van der Waals surface area contributed by atoms with Gasteiger partial charge in [0, 0.05) is 32.6 Å². The van der Waals surface area contributed by atoms with E-state index in [9.17, 15) is 9.59 Å². The van der Waals surface area contributed by atoms with E-state index in [-0.39, 0.29) is 17.9 Å². The Labute approximate surface area is 112 Å². The van der Waals surface area contributed by atoms with E-state index < -0.39 is 0 Å². The first-order valence-corrected chi connectivity index (χ1v) is 6.68. The van der Waals surface area contributed by atoms with Gasteiger partial charge < -0.3 is 10.2 Å². The van der Waals surface area contributed by atoms with Gasteiger partial charge in [0.2, 0.25) is 11.8 Å². The molecule has 0 spiro atoms. The quantitative estimate of drug-likeness (QED) is 0.856. The SMILES string of the molecule is CCCCC(=O)NC1CC(=O)N(c2cnn(C)c2)C1. The van der Waals surface area contributed by atoms with Crippen LogP contribution in [0.25, 0.3) is 0 Å². The maximum absolute atomic E-state index is 11.9. The molecule has 1 fully saturated rings. The van der Waals surface area contributed by atoms with Crippen molar-refractivity contribution in [3.63, 3.8) is 0 Å². The van der Waals surface area contributed by atoms with Crippen molar-refractivity contribution in [1.82, 2.24) is 15.1 Å². The lowest BCUT2D eigenvalue weighted by Gasteiger charge is -2.15. The topological polar surface area (TPSA) is 67.2 Å². The Bertz CT molecular complexity index is 469. The van der Waals surface area contributed by atoms with E-state index in [0.717, 1.165) is 18.5 Å². The number of aromatic nitrogens is 2. The van der Waals surface area contributed by atoms with Crippen molar-refractivity contribution < 1.29 is 9.59 Å². The van der Waals surface area contributed by atoms with E-state index >= 15 is 0 Å². The summed E-state index contributed by atoms with van der Waals surface area (Å²) in [6.45, 7) is 2.58. The highest BCUT2D eigenvalue weighted by Crippen LogP contribution is 2.20. The van der Waals surface area contributed by atoms with Crippen LogP contribution in [-0.4, -0.2) is 34.2 Å². The Balaban J connectivity index is 1.90. The van der Waals surface area contributed by atoms with Crippen LogP contribution in [0.2, 0.25) is 0 Å². The first-order valence-electron chi connectivity index (χ1n) is 6.68. The van der Waals surface area contributed by atoms with E-state index in [4.69, 9.17) is 0 Å². The number of aryl methyl sites for hydroxylation is 1. The summed E-state index contributed by atoms with van der Waals surface area (Å²) in [5.74, 6) is 0.0708. The van der Waals surface area contributed by atoms with Crippen LogP contribution in [-0.2, 0) is 16.6 Å². The highest BCUT2D eigenvalue weighted by molar-refractivity contribution is 5.96. The number of anilines is 1. The summed E-state index contributed by atoms with van der Waals surface area (Å²) in [7, 11) is 1.81. The molecule has 1 aliphatic rings. The maximum Gasteiger partial charge on any atom is 0.229 e. The highest BCUT2D eigenvalue weighted by Gasteiger charge is 2.31. The standard InChI is InChI=1S/C13H20N4O2/c1-3-4-5-12(18)15-10-6-13(19)17(8-10)11-7-14-16(2)9-11/h7,9-10H,3-6,8H2,1-2H3,(H,15,18). The second-order valence-corrected chi connectivity index (χ2v) is 4.95. The zero-order chi connectivity index (χ0) is 13.8. The second-order valence-electron chi connectivity index (χ2n) is 4.95. The summed E-state index contributed by atoms with van der Waals surface area (Å²) in [6.07, 6.45) is 6.26. The molecule has 6 nitrogen and oxygen atoms in total. The molecule has 6 heteroatoms. The van der Waals surface area contributed by atoms with Crippen molar-refractivity contribution >= 4 is 17.5 Å². The van der Waals surface area contributed by atoms with Crippen LogP contribution in [0.3, 0.4) is 0 Å². The number of unbranched alkanes of at least 4 members (excludes halogenated alkanes) is 1. The molecule has 1 aromatic heterocycles. The minimum Gasteiger partial charge on any atom is -0.351 e. The van der Waals surface area contributed by atoms with Crippen LogP contribution in [0.4, 0.5) is 5.69 Å². The van der Waals surface area contributed by atoms with Crippen LogP contribution in [0.5, 0.6) is 0 Å². The van der Waals surface area contributed by atoms with Crippen molar-refractivity contribution in [1.29, 1.82) is 0 Å². The molecule has 1 atom stereocenters. The van der Waals surface area contributed by atoms with Gasteiger partial charge in [-0.3, -0.25) is 14.3 Å². The van der Waals surface area contributed by atoms with Crippen molar-refractivity contribution in [2.75, 3.05) is 11.4 Å². The van der Waals surface area contributed by atoms with Gasteiger partial charge in [0.05, 0.1) is 17.9 Å². The Morgan fingerprint density at radius 2 is 2.37 bits per heavy atom. The normalized spacial score (nSPS) is 18.9. The van der Waals surface area contributed by atoms with Gasteiger partial charge >= 0.3 is 0 Å². The smallest absolute Gasteiger partial charge is 0.229 e. The molecule has 0 saturated carbocycles. The molecule has 0 bridgehead atoms. The molecule has 2 rings (SSSR count). The van der Waals surface area contributed by atoms with Crippen LogP contribution >= 0.6 is 0 Å². The first kappa shape index (κ1) is 13.6. The molecule has 104 valence electrons. The lowest BCUT2D eigenvalue weighted by atomic mass is 10.2. The fourth-order valence-electron chi connectivity index (χ4n) is 2.24. The lowest BCUT2D eigenvalue weighted by Crippen LogP contribution is -2.36. The van der Waals surface area contributed by atoms with Crippen LogP contribution < -0.4 is 10.2 Å². The summed E-state index contributed by atoms with van der Waals surface area (Å²) < 4.78 is 1.66. The fourth-order valence-corrected chi connectivity index (χ4v) is 2.24. The van der Waals surface area contributed by atoms with Gasteiger partial charge in [-0.1, -0.05) is 13.3 Å². The molecule has 1 saturated heterocycles. The minimum absolute atomic E-state index is 0.0349. The number of nitrogens with zero attached hydrogens (tertiary/aromatic N) is 3. The molecule has 1 aromatic rings. The van der Waals surface area contributed by atoms with Crippen molar-refractivity contribution in [2.45, 2.75) is 38.6 Å². The molecule has 1 N–H and O–H groups in total. The Morgan fingerprint density at radius 1 is 1.58 bits per heavy atom. The van der Waals surface area contributed by atoms with Gasteiger partial charge in [0.25, 0.3) is 0 Å². The Hall–Kier alpha value is -1.85. The molecule has 0 aromatic carbocycles. The predicted molar refractivity (Wildman–Crippen MR) is 71.6 cm³/mol. The molecule has 1 unspecified atom stereocenters. The van der Waals surface area contributed by atoms with Gasteiger partial charge in [-0.15, -0.1) is 0 Å². The van der Waals surface area contributed by atoms with Gasteiger partial charge in [-0.25, -0.2) is 0 Å². The van der Waals surface area contributed by atoms with Gasteiger partial charge in [-0.2, -0.15) is 5.10 Å². The van der Waals surface area contributed by atoms with E-state index in [2.05, 4.69) is 17.3 Å². The summed E-state index contributed by atoms with van der Waals surface area (Å²) >= 11 is 0. The third-order valence-electron chi connectivity index (χ3n) is 3.25. The van der Waals surface area contributed by atoms with Crippen molar-refractivity contribution in [3.8, 4) is 0 Å². The molecule has 0 aliphatic carbocycles. The third kappa shape index (κ3) is 3.33. The molecular formula is C13H20N4O2. The molecule has 1 aliphatic heterocycles. The number of rotatable bonds is 5. The highest BCUT2D eigenvalue weighted by atomic mass is 16.2. The summed E-state index contributed by atoms with van der Waals surface area (Å²) in [5.41, 5.74) is 0.790. The lowest BCUT2D eigenvalue weighted by molar-refractivity contribution is -0.121. The average Bonchev–Trinajstić information content (AvgIpc) is 2.93. The fraction of sp³-hybridized carbons (Fsp3) is 0.615. The zero-order valence-electron chi connectivity index (χ0n) is 11.4. The molecule has 19 heavy (non-hydrogen) atoms. The number of carbonyl (C=O) groups excluding carboxylic acids is 2. The number of hydrogen-bond acceptors (Lipinski definition) is 3. The summed E-state index contributed by atoms with van der Waals surface area (Å²) in [4.78, 5) is 25.3. The largest absolute Gasteiger partial charge is 0.351 e. The van der Waals surface area contributed by atoms with E-state index in [1.165, 1.54) is 0 Å². The Kier molecular flexibility index (Phi) is 4.19. The second kappa shape index (κ2) is 5.86. The molecule has 2 heterocycles. The van der Waals surface area contributed by atoms with Gasteiger partial charge in [-0.05, 0) is 6.42 Å². The zero-order valence-corrected chi connectivity index (χ0v) is 11.4. The molecule has 0 radical (unpaired) electrons. The summed E-state index contributed by atoms with van der Waals surface area (Å²) in [6, 6.07) is -0.0861. The molecular weight excluding hydrogens is 244 g/mol. The van der Waals surface area contributed by atoms with Crippen molar-refractivity contribution in [3.05, 3.63) is 12.4 Å². The minimum atomic E-state index is -0.0861.